The van der Waals surface area contributed by atoms with E-state index in [9.17, 15) is 4.79 Å². The monoisotopic (exact) mass is 316 g/mol. The lowest BCUT2D eigenvalue weighted by Gasteiger charge is -2.18. The number of rotatable bonds is 5. The summed E-state index contributed by atoms with van der Waals surface area (Å²) in [5.74, 6) is 0. The van der Waals surface area contributed by atoms with E-state index in [0.29, 0.717) is 0 Å². The maximum absolute atomic E-state index is 11.5. The summed E-state index contributed by atoms with van der Waals surface area (Å²) in [4.78, 5) is 14.1. The molecule has 1 unspecified atom stereocenters. The first-order valence-corrected chi connectivity index (χ1v) is 8.47. The molecule has 0 aliphatic heterocycles. The van der Waals surface area contributed by atoms with Crippen LogP contribution in [0.25, 0.3) is 0 Å². The topological polar surface area (TPSA) is 34.0 Å². The number of aryl methyl sites for hydroxylation is 1. The Kier molecular flexibility index (Phi) is 4.22. The Labute approximate surface area is 131 Å². The average Bonchev–Trinajstić information content (AvgIpc) is 3.15. The van der Waals surface area contributed by atoms with Crippen LogP contribution in [0.5, 0.6) is 0 Å². The number of aromatic nitrogens is 1. The third-order valence-corrected chi connectivity index (χ3v) is 5.18. The van der Waals surface area contributed by atoms with Crippen LogP contribution in [0.15, 0.2) is 58.1 Å². The summed E-state index contributed by atoms with van der Waals surface area (Å²) >= 11 is 3.53. The molecule has 0 radical (unpaired) electrons. The average molecular weight is 316 g/mol. The predicted molar refractivity (Wildman–Crippen MR) is 90.4 cm³/mol. The number of hydrogen-bond donors (Lipinski definition) is 1. The Hall–Kier alpha value is -1.85. The van der Waals surface area contributed by atoms with Crippen LogP contribution in [0.2, 0.25) is 0 Å². The number of anilines is 1. The second-order valence-electron chi connectivity index (χ2n) is 4.86. The minimum Gasteiger partial charge on any atom is -0.376 e. The van der Waals surface area contributed by atoms with Gasteiger partial charge in [0, 0.05) is 35.5 Å². The van der Waals surface area contributed by atoms with Gasteiger partial charge in [0.1, 0.15) is 0 Å². The quantitative estimate of drug-likeness (QED) is 0.774. The van der Waals surface area contributed by atoms with Gasteiger partial charge in [0.2, 0.25) is 5.56 Å². The van der Waals surface area contributed by atoms with E-state index in [1.54, 1.807) is 40.4 Å². The van der Waals surface area contributed by atoms with Gasteiger partial charge in [-0.3, -0.25) is 4.79 Å². The van der Waals surface area contributed by atoms with Crippen molar-refractivity contribution >= 4 is 28.4 Å². The Balaban J connectivity index is 1.85. The normalized spacial score (nSPS) is 12.2. The zero-order valence-corrected chi connectivity index (χ0v) is 13.3. The number of hydrogen-bond acceptors (Lipinski definition) is 4. The molecule has 3 aromatic rings. The van der Waals surface area contributed by atoms with E-state index in [1.807, 2.05) is 12.3 Å². The molecule has 0 amide bonds. The first kappa shape index (κ1) is 14.1. The van der Waals surface area contributed by atoms with Crippen molar-refractivity contribution < 1.29 is 0 Å². The van der Waals surface area contributed by atoms with Crippen LogP contribution >= 0.6 is 22.7 Å². The molecule has 0 aliphatic rings. The first-order chi connectivity index (χ1) is 10.2. The van der Waals surface area contributed by atoms with Gasteiger partial charge in [0.05, 0.1) is 11.7 Å². The van der Waals surface area contributed by atoms with Gasteiger partial charge in [0.25, 0.3) is 0 Å². The summed E-state index contributed by atoms with van der Waals surface area (Å²) < 4.78 is 1.60. The van der Waals surface area contributed by atoms with Crippen molar-refractivity contribution in [2.24, 2.45) is 7.05 Å². The van der Waals surface area contributed by atoms with Gasteiger partial charge < -0.3 is 9.88 Å². The molecule has 0 fully saturated rings. The summed E-state index contributed by atoms with van der Waals surface area (Å²) in [5.41, 5.74) is 0.971. The zero-order valence-electron chi connectivity index (χ0n) is 11.7. The predicted octanol–water partition coefficient (Wildman–Crippen LogP) is 3.90. The van der Waals surface area contributed by atoms with Crippen LogP contribution in [-0.2, 0) is 13.5 Å². The largest absolute Gasteiger partial charge is 0.376 e. The smallest absolute Gasteiger partial charge is 0.250 e. The van der Waals surface area contributed by atoms with E-state index in [2.05, 4.69) is 40.3 Å². The SMILES string of the molecule is Cn1cc(NC(Cc2cccs2)c2cccs2)ccc1=O. The maximum Gasteiger partial charge on any atom is 0.250 e. The van der Waals surface area contributed by atoms with Gasteiger partial charge >= 0.3 is 0 Å². The molecule has 0 saturated heterocycles. The second-order valence-corrected chi connectivity index (χ2v) is 6.87. The van der Waals surface area contributed by atoms with Crippen molar-refractivity contribution in [3.8, 4) is 0 Å². The van der Waals surface area contributed by atoms with Gasteiger partial charge in [-0.05, 0) is 29.0 Å². The van der Waals surface area contributed by atoms with Crippen molar-refractivity contribution in [1.82, 2.24) is 4.57 Å². The van der Waals surface area contributed by atoms with Crippen LogP contribution in [0.4, 0.5) is 5.69 Å². The maximum atomic E-state index is 11.5. The molecule has 3 nitrogen and oxygen atoms in total. The summed E-state index contributed by atoms with van der Waals surface area (Å²) in [5, 5.41) is 7.75. The molecule has 21 heavy (non-hydrogen) atoms. The number of thiophene rings is 2. The Morgan fingerprint density at radius 1 is 1.14 bits per heavy atom. The van der Waals surface area contributed by atoms with E-state index >= 15 is 0 Å². The number of nitrogens with one attached hydrogen (secondary N) is 1. The van der Waals surface area contributed by atoms with Crippen LogP contribution in [0, 0.1) is 0 Å². The molecular formula is C16H16N2OS2. The lowest BCUT2D eigenvalue weighted by atomic mass is 10.1. The van der Waals surface area contributed by atoms with Crippen molar-refractivity contribution in [2.45, 2.75) is 12.5 Å². The standard InChI is InChI=1S/C16H16N2OS2/c1-18-11-12(6-7-16(18)19)17-14(15-5-3-9-21-15)10-13-4-2-8-20-13/h2-9,11,14,17H,10H2,1H3. The minimum atomic E-state index is 0.00600. The van der Waals surface area contributed by atoms with Crippen LogP contribution in [-0.4, -0.2) is 4.57 Å². The number of pyridine rings is 1. The lowest BCUT2D eigenvalue weighted by Crippen LogP contribution is -2.17. The second kappa shape index (κ2) is 6.28. The van der Waals surface area contributed by atoms with E-state index in [1.165, 1.54) is 9.75 Å². The highest BCUT2D eigenvalue weighted by atomic mass is 32.1. The fourth-order valence-electron chi connectivity index (χ4n) is 2.22. The molecule has 3 heterocycles. The molecule has 0 spiro atoms. The molecule has 3 rings (SSSR count). The van der Waals surface area contributed by atoms with E-state index in [4.69, 9.17) is 0 Å². The van der Waals surface area contributed by atoms with Gasteiger partial charge in [-0.15, -0.1) is 22.7 Å². The molecule has 0 aromatic carbocycles. The highest BCUT2D eigenvalue weighted by Crippen LogP contribution is 2.28. The molecule has 0 aliphatic carbocycles. The summed E-state index contributed by atoms with van der Waals surface area (Å²) in [6.45, 7) is 0. The third kappa shape index (κ3) is 3.43. The van der Waals surface area contributed by atoms with Crippen LogP contribution in [0.1, 0.15) is 15.8 Å². The Morgan fingerprint density at radius 3 is 2.62 bits per heavy atom. The van der Waals surface area contributed by atoms with Gasteiger partial charge in [-0.25, -0.2) is 0 Å². The summed E-state index contributed by atoms with van der Waals surface area (Å²) in [6, 6.07) is 12.1. The lowest BCUT2D eigenvalue weighted by molar-refractivity contribution is 0.791. The zero-order chi connectivity index (χ0) is 14.7. The molecule has 108 valence electrons. The molecule has 1 N–H and O–H groups in total. The highest BCUT2D eigenvalue weighted by molar-refractivity contribution is 7.10. The van der Waals surface area contributed by atoms with Crippen molar-refractivity contribution in [2.75, 3.05) is 5.32 Å². The first-order valence-electron chi connectivity index (χ1n) is 6.71. The molecule has 3 aromatic heterocycles. The minimum absolute atomic E-state index is 0.00600. The molecule has 1 atom stereocenters. The van der Waals surface area contributed by atoms with E-state index in [-0.39, 0.29) is 11.6 Å². The van der Waals surface area contributed by atoms with Crippen LogP contribution in [0.3, 0.4) is 0 Å². The van der Waals surface area contributed by atoms with Crippen LogP contribution < -0.4 is 10.9 Å². The summed E-state index contributed by atoms with van der Waals surface area (Å²) in [7, 11) is 1.77. The molecule has 5 heteroatoms. The summed E-state index contributed by atoms with van der Waals surface area (Å²) in [6.07, 6.45) is 2.79. The van der Waals surface area contributed by atoms with Crippen molar-refractivity contribution in [3.63, 3.8) is 0 Å². The van der Waals surface area contributed by atoms with Crippen molar-refractivity contribution in [3.05, 3.63) is 73.5 Å². The molecule has 0 saturated carbocycles. The van der Waals surface area contributed by atoms with Gasteiger partial charge in [-0.2, -0.15) is 0 Å². The fraction of sp³-hybridized carbons (Fsp3) is 0.188. The fourth-order valence-corrected chi connectivity index (χ4v) is 3.75. The Bertz CT molecular complexity index is 745. The van der Waals surface area contributed by atoms with Crippen molar-refractivity contribution in [1.29, 1.82) is 0 Å². The van der Waals surface area contributed by atoms with E-state index in [0.717, 1.165) is 12.1 Å². The van der Waals surface area contributed by atoms with E-state index < -0.39 is 0 Å². The number of nitrogens with zero attached hydrogens (tertiary/aromatic N) is 1. The molecule has 0 bridgehead atoms. The Morgan fingerprint density at radius 2 is 1.95 bits per heavy atom. The third-order valence-electron chi connectivity index (χ3n) is 3.30. The highest BCUT2D eigenvalue weighted by Gasteiger charge is 2.14. The van der Waals surface area contributed by atoms with Gasteiger partial charge in [-0.1, -0.05) is 12.1 Å². The van der Waals surface area contributed by atoms with Gasteiger partial charge in [0.15, 0.2) is 0 Å². The molecular weight excluding hydrogens is 300 g/mol.